The van der Waals surface area contributed by atoms with Gasteiger partial charge in [0.2, 0.25) is 0 Å². The Morgan fingerprint density at radius 3 is 2.31 bits per heavy atom. The Kier molecular flexibility index (Phi) is 2.86. The maximum Gasteiger partial charge on any atom is 0.337 e. The zero-order valence-corrected chi connectivity index (χ0v) is 8.62. The van der Waals surface area contributed by atoms with Crippen molar-refractivity contribution in [2.75, 3.05) is 7.11 Å². The van der Waals surface area contributed by atoms with Crippen LogP contribution in [0.1, 0.15) is 10.4 Å². The molecule has 0 unspecified atom stereocenters. The lowest BCUT2D eigenvalue weighted by Gasteiger charge is -2.01. The number of carbonyl (C=O) groups excluding carboxylic acids is 1. The highest BCUT2D eigenvalue weighted by atomic mass is 16.5. The number of aromatic nitrogens is 3. The predicted molar refractivity (Wildman–Crippen MR) is 56.6 cm³/mol. The fourth-order valence-electron chi connectivity index (χ4n) is 1.26. The van der Waals surface area contributed by atoms with Crippen molar-refractivity contribution >= 4 is 5.97 Å². The fourth-order valence-corrected chi connectivity index (χ4v) is 1.26. The summed E-state index contributed by atoms with van der Waals surface area (Å²) < 4.78 is 4.60. The maximum absolute atomic E-state index is 11.2. The number of carbonyl (C=O) groups is 1. The molecule has 0 saturated heterocycles. The zero-order chi connectivity index (χ0) is 11.4. The maximum atomic E-state index is 11.2. The van der Waals surface area contributed by atoms with Gasteiger partial charge in [-0.25, -0.2) is 19.7 Å². The minimum Gasteiger partial charge on any atom is -0.465 e. The summed E-state index contributed by atoms with van der Waals surface area (Å²) in [6.45, 7) is 0. The first-order valence-corrected chi connectivity index (χ1v) is 4.62. The minimum atomic E-state index is -0.359. The summed E-state index contributed by atoms with van der Waals surface area (Å²) in [5.41, 5.74) is 1.33. The van der Waals surface area contributed by atoms with E-state index in [2.05, 4.69) is 19.7 Å². The molecule has 5 nitrogen and oxygen atoms in total. The van der Waals surface area contributed by atoms with Gasteiger partial charge in [0.1, 0.15) is 12.7 Å². The van der Waals surface area contributed by atoms with Crippen molar-refractivity contribution in [3.05, 3.63) is 42.5 Å². The van der Waals surface area contributed by atoms with Crippen molar-refractivity contribution in [3.8, 4) is 11.4 Å². The monoisotopic (exact) mass is 215 g/mol. The second-order valence-corrected chi connectivity index (χ2v) is 3.03. The quantitative estimate of drug-likeness (QED) is 0.707. The summed E-state index contributed by atoms with van der Waals surface area (Å²) in [6.07, 6.45) is 2.85. The molecule has 5 heteroatoms. The van der Waals surface area contributed by atoms with Crippen LogP contribution in [0, 0.1) is 0 Å². The number of hydrogen-bond donors (Lipinski definition) is 0. The number of benzene rings is 1. The van der Waals surface area contributed by atoms with E-state index < -0.39 is 0 Å². The largest absolute Gasteiger partial charge is 0.465 e. The first-order chi connectivity index (χ1) is 7.81. The lowest BCUT2D eigenvalue weighted by Crippen LogP contribution is -2.00. The number of hydrogen-bond acceptors (Lipinski definition) is 5. The summed E-state index contributed by atoms with van der Waals surface area (Å²) in [6, 6.07) is 6.87. The highest BCUT2D eigenvalue weighted by molar-refractivity contribution is 5.89. The molecule has 0 aliphatic rings. The topological polar surface area (TPSA) is 65.0 Å². The molecule has 0 N–H and O–H groups in total. The van der Waals surface area contributed by atoms with Gasteiger partial charge in [0, 0.05) is 5.56 Å². The van der Waals surface area contributed by atoms with Gasteiger partial charge in [-0.3, -0.25) is 0 Å². The second-order valence-electron chi connectivity index (χ2n) is 3.03. The smallest absolute Gasteiger partial charge is 0.337 e. The Morgan fingerprint density at radius 1 is 1.12 bits per heavy atom. The van der Waals surface area contributed by atoms with Crippen molar-refractivity contribution in [3.63, 3.8) is 0 Å². The third-order valence-corrected chi connectivity index (χ3v) is 2.06. The number of rotatable bonds is 2. The molecule has 0 aliphatic carbocycles. The fraction of sp³-hybridized carbons (Fsp3) is 0.0909. The van der Waals surface area contributed by atoms with Crippen LogP contribution in [-0.2, 0) is 4.74 Å². The van der Waals surface area contributed by atoms with Gasteiger partial charge in [-0.15, -0.1) is 0 Å². The molecule has 2 aromatic rings. The molecule has 0 spiro atoms. The summed E-state index contributed by atoms with van der Waals surface area (Å²) >= 11 is 0. The van der Waals surface area contributed by atoms with Crippen LogP contribution in [0.3, 0.4) is 0 Å². The molecule has 1 heterocycles. The third-order valence-electron chi connectivity index (χ3n) is 2.06. The van der Waals surface area contributed by atoms with Crippen molar-refractivity contribution in [2.45, 2.75) is 0 Å². The number of nitrogens with zero attached hydrogens (tertiary/aromatic N) is 3. The molecule has 0 amide bonds. The van der Waals surface area contributed by atoms with E-state index in [9.17, 15) is 4.79 Å². The Morgan fingerprint density at radius 2 is 1.75 bits per heavy atom. The minimum absolute atomic E-state index is 0.359. The van der Waals surface area contributed by atoms with E-state index >= 15 is 0 Å². The summed E-state index contributed by atoms with van der Waals surface area (Å²) in [5, 5.41) is 0. The van der Waals surface area contributed by atoms with Gasteiger partial charge in [-0.2, -0.15) is 0 Å². The first kappa shape index (κ1) is 10.2. The van der Waals surface area contributed by atoms with E-state index in [1.54, 1.807) is 24.3 Å². The van der Waals surface area contributed by atoms with E-state index in [-0.39, 0.29) is 5.97 Å². The molecule has 2 rings (SSSR count). The van der Waals surface area contributed by atoms with Gasteiger partial charge in [0.05, 0.1) is 12.7 Å². The molecule has 0 atom stereocenters. The lowest BCUT2D eigenvalue weighted by molar-refractivity contribution is 0.0601. The van der Waals surface area contributed by atoms with Crippen molar-refractivity contribution in [2.24, 2.45) is 0 Å². The molecule has 0 saturated carbocycles. The predicted octanol–water partition coefficient (Wildman–Crippen LogP) is 1.33. The van der Waals surface area contributed by atoms with Gasteiger partial charge in [0.15, 0.2) is 5.82 Å². The summed E-state index contributed by atoms with van der Waals surface area (Å²) in [4.78, 5) is 22.9. The van der Waals surface area contributed by atoms with Gasteiger partial charge < -0.3 is 4.74 Å². The van der Waals surface area contributed by atoms with Crippen LogP contribution in [0.15, 0.2) is 36.9 Å². The Hall–Kier alpha value is -2.30. The van der Waals surface area contributed by atoms with Crippen LogP contribution < -0.4 is 0 Å². The average Bonchev–Trinajstić information content (AvgIpc) is 2.39. The molecule has 16 heavy (non-hydrogen) atoms. The van der Waals surface area contributed by atoms with Gasteiger partial charge in [0.25, 0.3) is 0 Å². The third kappa shape index (κ3) is 2.03. The van der Waals surface area contributed by atoms with E-state index in [1.807, 2.05) is 0 Å². The number of esters is 1. The van der Waals surface area contributed by atoms with Gasteiger partial charge in [-0.1, -0.05) is 12.1 Å². The number of ether oxygens (including phenoxy) is 1. The normalized spacial score (nSPS) is 9.81. The summed E-state index contributed by atoms with van der Waals surface area (Å²) in [5.74, 6) is 0.216. The highest BCUT2D eigenvalue weighted by Gasteiger charge is 2.05. The average molecular weight is 215 g/mol. The molecule has 0 aliphatic heterocycles. The van der Waals surface area contributed by atoms with Gasteiger partial charge in [-0.05, 0) is 12.1 Å². The van der Waals surface area contributed by atoms with Crippen molar-refractivity contribution < 1.29 is 9.53 Å². The Balaban J connectivity index is 2.30. The van der Waals surface area contributed by atoms with Crippen LogP contribution in [0.25, 0.3) is 11.4 Å². The van der Waals surface area contributed by atoms with E-state index in [0.717, 1.165) is 5.56 Å². The van der Waals surface area contributed by atoms with Crippen molar-refractivity contribution in [1.82, 2.24) is 15.0 Å². The van der Waals surface area contributed by atoms with Crippen LogP contribution in [0.4, 0.5) is 0 Å². The molecular formula is C11H9N3O2. The van der Waals surface area contributed by atoms with Crippen LogP contribution in [-0.4, -0.2) is 28.0 Å². The van der Waals surface area contributed by atoms with Gasteiger partial charge >= 0.3 is 5.97 Å². The van der Waals surface area contributed by atoms with E-state index in [0.29, 0.717) is 11.4 Å². The highest BCUT2D eigenvalue weighted by Crippen LogP contribution is 2.14. The molecule has 1 aromatic heterocycles. The Bertz CT molecular complexity index is 482. The second kappa shape index (κ2) is 4.48. The standard InChI is InChI=1S/C11H9N3O2/c1-16-11(15)9-4-2-8(3-5-9)10-13-6-12-7-14-10/h2-7H,1H3. The molecule has 1 aromatic carbocycles. The first-order valence-electron chi connectivity index (χ1n) is 4.62. The molecule has 80 valence electrons. The van der Waals surface area contributed by atoms with E-state index in [4.69, 9.17) is 0 Å². The molecule has 0 bridgehead atoms. The number of methoxy groups -OCH3 is 1. The molecular weight excluding hydrogens is 206 g/mol. The Labute approximate surface area is 92.2 Å². The molecule has 0 radical (unpaired) electrons. The zero-order valence-electron chi connectivity index (χ0n) is 8.62. The van der Waals surface area contributed by atoms with Crippen LogP contribution in [0.5, 0.6) is 0 Å². The lowest BCUT2D eigenvalue weighted by atomic mass is 10.1. The molecule has 0 fully saturated rings. The van der Waals surface area contributed by atoms with Crippen LogP contribution >= 0.6 is 0 Å². The van der Waals surface area contributed by atoms with E-state index in [1.165, 1.54) is 19.8 Å². The van der Waals surface area contributed by atoms with Crippen LogP contribution in [0.2, 0.25) is 0 Å². The van der Waals surface area contributed by atoms with Crippen molar-refractivity contribution in [1.29, 1.82) is 0 Å². The summed E-state index contributed by atoms with van der Waals surface area (Å²) in [7, 11) is 1.35. The SMILES string of the molecule is COC(=O)c1ccc(-c2ncncn2)cc1.